The molecule has 0 saturated heterocycles. The first kappa shape index (κ1) is 20.0. The third-order valence-corrected chi connectivity index (χ3v) is 4.96. The summed E-state index contributed by atoms with van der Waals surface area (Å²) in [5.74, 6) is 2.27. The molecular weight excluding hydrogens is 356 g/mol. The maximum Gasteiger partial charge on any atom is 0.234 e. The Hall–Kier alpha value is -2.73. The number of rotatable bonds is 8. The van der Waals surface area contributed by atoms with Gasteiger partial charge in [0, 0.05) is 18.5 Å². The van der Waals surface area contributed by atoms with Gasteiger partial charge in [-0.15, -0.1) is 0 Å². The Morgan fingerprint density at radius 3 is 2.71 bits per heavy atom. The standard InChI is InChI=1S/C22H28N2O4/c1-4-24(14-16-9-10-20(26-2)21(13-16)27-3)15-22(25)23-18-11-12-28-19-8-6-5-7-17(18)19/h5-10,13,18H,4,11-12,14-15H2,1-3H3,(H,23,25). The molecule has 3 rings (SSSR count). The number of amides is 1. The molecule has 28 heavy (non-hydrogen) atoms. The fourth-order valence-corrected chi connectivity index (χ4v) is 3.45. The van der Waals surface area contributed by atoms with Crippen LogP contribution in [0.1, 0.15) is 30.5 Å². The van der Waals surface area contributed by atoms with Crippen LogP contribution in [-0.4, -0.2) is 44.7 Å². The summed E-state index contributed by atoms with van der Waals surface area (Å²) in [6, 6.07) is 13.7. The van der Waals surface area contributed by atoms with Gasteiger partial charge in [-0.1, -0.05) is 31.2 Å². The Kier molecular flexibility index (Phi) is 6.76. The van der Waals surface area contributed by atoms with E-state index in [1.54, 1.807) is 14.2 Å². The van der Waals surface area contributed by atoms with Crippen molar-refractivity contribution >= 4 is 5.91 Å². The zero-order valence-corrected chi connectivity index (χ0v) is 16.7. The molecule has 0 aliphatic carbocycles. The van der Waals surface area contributed by atoms with Gasteiger partial charge in [0.25, 0.3) is 0 Å². The maximum absolute atomic E-state index is 12.7. The molecule has 6 heteroatoms. The molecule has 1 N–H and O–H groups in total. The molecule has 1 amide bonds. The van der Waals surface area contributed by atoms with E-state index in [2.05, 4.69) is 17.1 Å². The van der Waals surface area contributed by atoms with Crippen molar-refractivity contribution in [3.63, 3.8) is 0 Å². The minimum absolute atomic E-state index is 0.00256. The van der Waals surface area contributed by atoms with Crippen LogP contribution in [0, 0.1) is 0 Å². The molecule has 150 valence electrons. The van der Waals surface area contributed by atoms with Gasteiger partial charge in [0.1, 0.15) is 5.75 Å². The summed E-state index contributed by atoms with van der Waals surface area (Å²) in [4.78, 5) is 14.8. The Balaban J connectivity index is 1.61. The molecular formula is C22H28N2O4. The molecule has 0 saturated carbocycles. The van der Waals surface area contributed by atoms with Gasteiger partial charge in [-0.05, 0) is 30.3 Å². The highest BCUT2D eigenvalue weighted by Gasteiger charge is 2.23. The minimum atomic E-state index is -0.00256. The number of carbonyl (C=O) groups excluding carboxylic acids is 1. The SMILES string of the molecule is CCN(CC(=O)NC1CCOc2ccccc21)Cc1ccc(OC)c(OC)c1. The molecule has 0 fully saturated rings. The highest BCUT2D eigenvalue weighted by Crippen LogP contribution is 2.31. The summed E-state index contributed by atoms with van der Waals surface area (Å²) in [6.07, 6.45) is 0.782. The van der Waals surface area contributed by atoms with Crippen molar-refractivity contribution in [2.75, 3.05) is 33.9 Å². The Morgan fingerprint density at radius 2 is 1.96 bits per heavy atom. The summed E-state index contributed by atoms with van der Waals surface area (Å²) in [5.41, 5.74) is 2.12. The van der Waals surface area contributed by atoms with E-state index in [1.165, 1.54) is 0 Å². The molecule has 1 unspecified atom stereocenters. The number of fused-ring (bicyclic) bond motifs is 1. The van der Waals surface area contributed by atoms with E-state index in [0.717, 1.165) is 29.8 Å². The Labute approximate surface area is 166 Å². The van der Waals surface area contributed by atoms with E-state index < -0.39 is 0 Å². The number of ether oxygens (including phenoxy) is 3. The monoisotopic (exact) mass is 384 g/mol. The van der Waals surface area contributed by atoms with Crippen molar-refractivity contribution in [2.24, 2.45) is 0 Å². The van der Waals surface area contributed by atoms with Crippen molar-refractivity contribution in [2.45, 2.75) is 25.9 Å². The predicted molar refractivity (Wildman–Crippen MR) is 108 cm³/mol. The van der Waals surface area contributed by atoms with Crippen LogP contribution < -0.4 is 19.5 Å². The lowest BCUT2D eigenvalue weighted by Gasteiger charge is -2.28. The van der Waals surface area contributed by atoms with Crippen LogP contribution in [0.4, 0.5) is 0 Å². The van der Waals surface area contributed by atoms with Gasteiger partial charge in [-0.2, -0.15) is 0 Å². The first-order valence-corrected chi connectivity index (χ1v) is 9.59. The first-order valence-electron chi connectivity index (χ1n) is 9.59. The van der Waals surface area contributed by atoms with Crippen LogP contribution in [0.25, 0.3) is 0 Å². The molecule has 1 atom stereocenters. The van der Waals surface area contributed by atoms with Gasteiger partial charge in [-0.3, -0.25) is 9.69 Å². The predicted octanol–water partition coefficient (Wildman–Crippen LogP) is 3.17. The number of likely N-dealkylation sites (N-methyl/N-ethyl adjacent to an activating group) is 1. The number of hydrogen-bond acceptors (Lipinski definition) is 5. The van der Waals surface area contributed by atoms with Crippen molar-refractivity contribution < 1.29 is 19.0 Å². The number of benzene rings is 2. The van der Waals surface area contributed by atoms with E-state index in [4.69, 9.17) is 14.2 Å². The third-order valence-electron chi connectivity index (χ3n) is 4.96. The summed E-state index contributed by atoms with van der Waals surface area (Å²) in [5, 5.41) is 3.16. The molecule has 0 aromatic heterocycles. The smallest absolute Gasteiger partial charge is 0.234 e. The van der Waals surface area contributed by atoms with Gasteiger partial charge in [0.15, 0.2) is 11.5 Å². The second-order valence-electron chi connectivity index (χ2n) is 6.79. The van der Waals surface area contributed by atoms with E-state index >= 15 is 0 Å². The Morgan fingerprint density at radius 1 is 1.18 bits per heavy atom. The van der Waals surface area contributed by atoms with Crippen LogP contribution in [-0.2, 0) is 11.3 Å². The number of methoxy groups -OCH3 is 2. The molecule has 1 heterocycles. The number of para-hydroxylation sites is 1. The van der Waals surface area contributed by atoms with E-state index in [-0.39, 0.29) is 11.9 Å². The van der Waals surface area contributed by atoms with Crippen LogP contribution in [0.15, 0.2) is 42.5 Å². The molecule has 1 aliphatic heterocycles. The average Bonchev–Trinajstić information content (AvgIpc) is 2.73. The topological polar surface area (TPSA) is 60.0 Å². The van der Waals surface area contributed by atoms with Crippen LogP contribution in [0.2, 0.25) is 0 Å². The average molecular weight is 384 g/mol. The van der Waals surface area contributed by atoms with Crippen molar-refractivity contribution in [3.8, 4) is 17.2 Å². The maximum atomic E-state index is 12.7. The minimum Gasteiger partial charge on any atom is -0.493 e. The second kappa shape index (κ2) is 9.46. The molecule has 6 nitrogen and oxygen atoms in total. The van der Waals surface area contributed by atoms with Crippen molar-refractivity contribution in [1.29, 1.82) is 0 Å². The molecule has 0 bridgehead atoms. The first-order chi connectivity index (χ1) is 13.6. The van der Waals surface area contributed by atoms with Crippen molar-refractivity contribution in [3.05, 3.63) is 53.6 Å². The van der Waals surface area contributed by atoms with Crippen LogP contribution in [0.3, 0.4) is 0 Å². The Bertz CT molecular complexity index is 809. The van der Waals surface area contributed by atoms with Gasteiger partial charge in [0.2, 0.25) is 5.91 Å². The summed E-state index contributed by atoms with van der Waals surface area (Å²) in [6.45, 7) is 4.44. The highest BCUT2D eigenvalue weighted by atomic mass is 16.5. The lowest BCUT2D eigenvalue weighted by molar-refractivity contribution is -0.123. The van der Waals surface area contributed by atoms with E-state index in [0.29, 0.717) is 31.2 Å². The number of nitrogens with one attached hydrogen (secondary N) is 1. The summed E-state index contributed by atoms with van der Waals surface area (Å²) < 4.78 is 16.3. The number of nitrogens with zero attached hydrogens (tertiary/aromatic N) is 1. The molecule has 1 aliphatic rings. The van der Waals surface area contributed by atoms with Gasteiger partial charge < -0.3 is 19.5 Å². The van der Waals surface area contributed by atoms with Crippen LogP contribution in [0.5, 0.6) is 17.2 Å². The molecule has 0 spiro atoms. The largest absolute Gasteiger partial charge is 0.493 e. The van der Waals surface area contributed by atoms with E-state index in [1.807, 2.05) is 42.5 Å². The lowest BCUT2D eigenvalue weighted by atomic mass is 10.0. The van der Waals surface area contributed by atoms with Gasteiger partial charge >= 0.3 is 0 Å². The molecule has 2 aromatic rings. The third kappa shape index (κ3) is 4.75. The van der Waals surface area contributed by atoms with Crippen molar-refractivity contribution in [1.82, 2.24) is 10.2 Å². The van der Waals surface area contributed by atoms with Crippen LogP contribution >= 0.6 is 0 Å². The fourth-order valence-electron chi connectivity index (χ4n) is 3.45. The summed E-state index contributed by atoms with van der Waals surface area (Å²) in [7, 11) is 3.24. The summed E-state index contributed by atoms with van der Waals surface area (Å²) >= 11 is 0. The zero-order chi connectivity index (χ0) is 19.9. The quantitative estimate of drug-likeness (QED) is 0.758. The fraction of sp³-hybridized carbons (Fsp3) is 0.409. The molecule has 2 aromatic carbocycles. The number of carbonyl (C=O) groups is 1. The van der Waals surface area contributed by atoms with Gasteiger partial charge in [-0.25, -0.2) is 0 Å². The van der Waals surface area contributed by atoms with E-state index in [9.17, 15) is 4.79 Å². The second-order valence-corrected chi connectivity index (χ2v) is 6.79. The normalized spacial score (nSPS) is 15.5. The molecule has 0 radical (unpaired) electrons. The number of hydrogen-bond donors (Lipinski definition) is 1. The lowest BCUT2D eigenvalue weighted by Crippen LogP contribution is -2.39. The zero-order valence-electron chi connectivity index (χ0n) is 16.7. The highest BCUT2D eigenvalue weighted by molar-refractivity contribution is 5.78. The van der Waals surface area contributed by atoms with Gasteiger partial charge in [0.05, 0.1) is 33.4 Å².